The summed E-state index contributed by atoms with van der Waals surface area (Å²) in [5, 5.41) is 8.12. The minimum Gasteiger partial charge on any atom is -0.364 e. The Morgan fingerprint density at radius 3 is 2.68 bits per heavy atom. The largest absolute Gasteiger partial charge is 0.364 e. The van der Waals surface area contributed by atoms with Gasteiger partial charge in [-0.05, 0) is 19.1 Å². The third kappa shape index (κ3) is 2.93. The summed E-state index contributed by atoms with van der Waals surface area (Å²) in [6, 6.07) is 9.97. The highest BCUT2D eigenvalue weighted by molar-refractivity contribution is 5.51. The summed E-state index contributed by atoms with van der Waals surface area (Å²) in [7, 11) is 0. The summed E-state index contributed by atoms with van der Waals surface area (Å²) in [6.45, 7) is 9.12. The van der Waals surface area contributed by atoms with Gasteiger partial charge in [-0.1, -0.05) is 26.8 Å². The molecule has 22 heavy (non-hydrogen) atoms. The van der Waals surface area contributed by atoms with Gasteiger partial charge in [-0.2, -0.15) is 9.61 Å². The van der Waals surface area contributed by atoms with Crippen LogP contribution in [0.2, 0.25) is 0 Å². The van der Waals surface area contributed by atoms with E-state index in [1.54, 1.807) is 6.20 Å². The van der Waals surface area contributed by atoms with Crippen LogP contribution in [0, 0.1) is 6.92 Å². The number of rotatable bonds is 3. The first-order valence-corrected chi connectivity index (χ1v) is 7.45. The number of nitrogens with one attached hydrogen (secondary N) is 1. The molecule has 0 spiro atoms. The van der Waals surface area contributed by atoms with E-state index in [0.717, 1.165) is 28.5 Å². The van der Waals surface area contributed by atoms with Crippen molar-refractivity contribution in [1.82, 2.24) is 19.6 Å². The minimum absolute atomic E-state index is 0.000139. The molecule has 0 unspecified atom stereocenters. The van der Waals surface area contributed by atoms with Gasteiger partial charge in [0.15, 0.2) is 5.65 Å². The van der Waals surface area contributed by atoms with Crippen LogP contribution in [0.3, 0.4) is 0 Å². The van der Waals surface area contributed by atoms with Gasteiger partial charge >= 0.3 is 0 Å². The number of hydrogen-bond donors (Lipinski definition) is 1. The van der Waals surface area contributed by atoms with E-state index in [4.69, 9.17) is 5.10 Å². The first-order valence-electron chi connectivity index (χ1n) is 7.45. The number of pyridine rings is 1. The summed E-state index contributed by atoms with van der Waals surface area (Å²) < 4.78 is 1.87. The molecule has 0 aliphatic heterocycles. The molecule has 5 nitrogen and oxygen atoms in total. The minimum atomic E-state index is -0.000139. The van der Waals surface area contributed by atoms with Crippen molar-refractivity contribution in [3.8, 4) is 0 Å². The van der Waals surface area contributed by atoms with Gasteiger partial charge in [-0.25, -0.2) is 4.98 Å². The molecular weight excluding hydrogens is 274 g/mol. The lowest BCUT2D eigenvalue weighted by atomic mass is 9.93. The summed E-state index contributed by atoms with van der Waals surface area (Å²) in [5.74, 6) is 0.934. The zero-order chi connectivity index (χ0) is 15.7. The highest BCUT2D eigenvalue weighted by Gasteiger charge is 2.19. The number of hydrogen-bond acceptors (Lipinski definition) is 4. The molecular formula is C17H21N5. The predicted molar refractivity (Wildman–Crippen MR) is 88.0 cm³/mol. The maximum absolute atomic E-state index is 4.71. The van der Waals surface area contributed by atoms with Gasteiger partial charge in [0.1, 0.15) is 5.82 Å². The lowest BCUT2D eigenvalue weighted by molar-refractivity contribution is 0.563. The van der Waals surface area contributed by atoms with Gasteiger partial charge in [0.05, 0.1) is 17.9 Å². The van der Waals surface area contributed by atoms with Crippen LogP contribution in [0.25, 0.3) is 5.65 Å². The van der Waals surface area contributed by atoms with Crippen molar-refractivity contribution in [2.24, 2.45) is 0 Å². The van der Waals surface area contributed by atoms with Crippen LogP contribution in [-0.2, 0) is 12.0 Å². The highest BCUT2D eigenvalue weighted by atomic mass is 15.3. The van der Waals surface area contributed by atoms with Crippen molar-refractivity contribution in [2.75, 3.05) is 5.32 Å². The Kier molecular flexibility index (Phi) is 3.56. The Labute approximate surface area is 130 Å². The van der Waals surface area contributed by atoms with Crippen molar-refractivity contribution < 1.29 is 0 Å². The fourth-order valence-electron chi connectivity index (χ4n) is 2.28. The lowest BCUT2D eigenvalue weighted by Gasteiger charge is -2.14. The molecule has 3 heterocycles. The van der Waals surface area contributed by atoms with Crippen LogP contribution in [0.4, 0.5) is 5.82 Å². The van der Waals surface area contributed by atoms with E-state index >= 15 is 0 Å². The highest BCUT2D eigenvalue weighted by Crippen LogP contribution is 2.23. The Balaban J connectivity index is 1.96. The van der Waals surface area contributed by atoms with E-state index in [-0.39, 0.29) is 5.41 Å². The van der Waals surface area contributed by atoms with E-state index in [2.05, 4.69) is 42.1 Å². The Morgan fingerprint density at radius 1 is 1.18 bits per heavy atom. The Bertz CT molecular complexity index is 784. The standard InChI is InChI=1S/C17H21N5/c1-12-9-15(19-11-13-7-5-6-8-18-13)22-16(20-12)10-14(21-22)17(2,3)4/h5-10,19H,11H2,1-4H3. The maximum atomic E-state index is 4.71. The van der Waals surface area contributed by atoms with Gasteiger partial charge in [0.25, 0.3) is 0 Å². The van der Waals surface area contributed by atoms with E-state index in [1.165, 1.54) is 0 Å². The van der Waals surface area contributed by atoms with Crippen molar-refractivity contribution in [1.29, 1.82) is 0 Å². The van der Waals surface area contributed by atoms with E-state index in [1.807, 2.05) is 35.7 Å². The molecule has 3 rings (SSSR count). The summed E-state index contributed by atoms with van der Waals surface area (Å²) in [6.07, 6.45) is 1.80. The predicted octanol–water partition coefficient (Wildman–Crippen LogP) is 3.34. The number of nitrogens with zero attached hydrogens (tertiary/aromatic N) is 4. The van der Waals surface area contributed by atoms with Gasteiger partial charge in [-0.15, -0.1) is 0 Å². The second-order valence-electron chi connectivity index (χ2n) is 6.51. The van der Waals surface area contributed by atoms with Crippen LogP contribution < -0.4 is 5.32 Å². The van der Waals surface area contributed by atoms with Gasteiger partial charge in [-0.3, -0.25) is 4.98 Å². The van der Waals surface area contributed by atoms with Crippen molar-refractivity contribution in [2.45, 2.75) is 39.7 Å². The number of aromatic nitrogens is 4. The van der Waals surface area contributed by atoms with Crippen LogP contribution in [-0.4, -0.2) is 19.6 Å². The summed E-state index contributed by atoms with van der Waals surface area (Å²) in [5.41, 5.74) is 3.87. The first-order chi connectivity index (χ1) is 10.4. The lowest BCUT2D eigenvalue weighted by Crippen LogP contribution is -2.12. The maximum Gasteiger partial charge on any atom is 0.157 e. The van der Waals surface area contributed by atoms with Gasteiger partial charge < -0.3 is 5.32 Å². The van der Waals surface area contributed by atoms with Gasteiger partial charge in [0.2, 0.25) is 0 Å². The average molecular weight is 295 g/mol. The first kappa shape index (κ1) is 14.5. The van der Waals surface area contributed by atoms with Crippen molar-refractivity contribution >= 4 is 11.5 Å². The van der Waals surface area contributed by atoms with Crippen LogP contribution >= 0.6 is 0 Å². The normalized spacial score (nSPS) is 11.8. The molecule has 0 saturated heterocycles. The van der Waals surface area contributed by atoms with E-state index in [9.17, 15) is 0 Å². The fraction of sp³-hybridized carbons (Fsp3) is 0.353. The average Bonchev–Trinajstić information content (AvgIpc) is 2.90. The molecule has 0 aliphatic rings. The zero-order valence-corrected chi connectivity index (χ0v) is 13.5. The third-order valence-corrected chi connectivity index (χ3v) is 3.50. The molecule has 1 N–H and O–H groups in total. The molecule has 114 valence electrons. The monoisotopic (exact) mass is 295 g/mol. The van der Waals surface area contributed by atoms with E-state index in [0.29, 0.717) is 6.54 Å². The zero-order valence-electron chi connectivity index (χ0n) is 13.5. The Morgan fingerprint density at radius 2 is 2.00 bits per heavy atom. The smallest absolute Gasteiger partial charge is 0.157 e. The van der Waals surface area contributed by atoms with E-state index < -0.39 is 0 Å². The van der Waals surface area contributed by atoms with Crippen LogP contribution in [0.5, 0.6) is 0 Å². The molecule has 5 heteroatoms. The van der Waals surface area contributed by atoms with Crippen molar-refractivity contribution in [3.63, 3.8) is 0 Å². The van der Waals surface area contributed by atoms with Crippen LogP contribution in [0.1, 0.15) is 37.9 Å². The van der Waals surface area contributed by atoms with Crippen LogP contribution in [0.15, 0.2) is 36.5 Å². The number of anilines is 1. The molecule has 0 saturated carbocycles. The summed E-state index contributed by atoms with van der Waals surface area (Å²) >= 11 is 0. The quantitative estimate of drug-likeness (QED) is 0.805. The second-order valence-corrected chi connectivity index (χ2v) is 6.51. The fourth-order valence-corrected chi connectivity index (χ4v) is 2.28. The molecule has 0 amide bonds. The molecule has 0 aromatic carbocycles. The molecule has 0 bridgehead atoms. The molecule has 0 atom stereocenters. The molecule has 3 aromatic heterocycles. The topological polar surface area (TPSA) is 55.1 Å². The SMILES string of the molecule is Cc1cc(NCc2ccccn2)n2nc(C(C)(C)C)cc2n1. The third-order valence-electron chi connectivity index (χ3n) is 3.50. The Hall–Kier alpha value is -2.43. The molecule has 0 aliphatic carbocycles. The molecule has 3 aromatic rings. The molecule has 0 fully saturated rings. The van der Waals surface area contributed by atoms with Crippen molar-refractivity contribution in [3.05, 3.63) is 53.6 Å². The summed E-state index contributed by atoms with van der Waals surface area (Å²) in [4.78, 5) is 8.90. The number of aryl methyl sites for hydroxylation is 1. The molecule has 0 radical (unpaired) electrons. The second kappa shape index (κ2) is 5.40. The van der Waals surface area contributed by atoms with Gasteiger partial charge in [0, 0.05) is 29.4 Å². The number of fused-ring (bicyclic) bond motifs is 1.